The van der Waals surface area contributed by atoms with Gasteiger partial charge in [0.05, 0.1) is 6.08 Å². The van der Waals surface area contributed by atoms with Crippen LogP contribution in [0.3, 0.4) is 0 Å². The number of carbonyl (C=O) groups is 1. The Balaban J connectivity index is 2.53. The first-order valence-corrected chi connectivity index (χ1v) is 3.45. The first-order valence-electron chi connectivity index (χ1n) is 3.45. The van der Waals surface area contributed by atoms with Crippen LogP contribution >= 0.6 is 0 Å². The fourth-order valence-corrected chi connectivity index (χ4v) is 1.01. The first-order chi connectivity index (χ1) is 5.22. The molecule has 11 heavy (non-hydrogen) atoms. The summed E-state index contributed by atoms with van der Waals surface area (Å²) in [6.45, 7) is 3.56. The smallest absolute Gasteiger partial charge is 0.331 e. The number of hydrogen-bond acceptors (Lipinski definition) is 2. The summed E-state index contributed by atoms with van der Waals surface area (Å²) in [5, 5.41) is 8.35. The fraction of sp³-hybridized carbons (Fsp3) is 0.375. The van der Waals surface area contributed by atoms with Crippen LogP contribution in [0.5, 0.6) is 0 Å². The SMILES string of the molecule is C=CC1CC/C(=C/C(=O)O)O1. The minimum Gasteiger partial charge on any atom is -0.490 e. The van der Waals surface area contributed by atoms with E-state index in [4.69, 9.17) is 9.84 Å². The van der Waals surface area contributed by atoms with Gasteiger partial charge in [0.1, 0.15) is 11.9 Å². The molecule has 0 saturated carbocycles. The average molecular weight is 154 g/mol. The van der Waals surface area contributed by atoms with E-state index in [0.717, 1.165) is 12.5 Å². The highest BCUT2D eigenvalue weighted by Crippen LogP contribution is 2.22. The molecule has 1 rings (SSSR count). The highest BCUT2D eigenvalue weighted by atomic mass is 16.5. The van der Waals surface area contributed by atoms with Crippen LogP contribution in [0.15, 0.2) is 24.5 Å². The number of rotatable bonds is 2. The van der Waals surface area contributed by atoms with E-state index in [1.807, 2.05) is 0 Å². The van der Waals surface area contributed by atoms with Gasteiger partial charge >= 0.3 is 5.97 Å². The Morgan fingerprint density at radius 1 is 1.82 bits per heavy atom. The van der Waals surface area contributed by atoms with Gasteiger partial charge in [-0.2, -0.15) is 0 Å². The van der Waals surface area contributed by atoms with Crippen molar-refractivity contribution in [1.82, 2.24) is 0 Å². The summed E-state index contributed by atoms with van der Waals surface area (Å²) in [4.78, 5) is 10.2. The molecule has 0 aromatic heterocycles. The predicted molar refractivity (Wildman–Crippen MR) is 40.0 cm³/mol. The quantitative estimate of drug-likeness (QED) is 0.482. The number of aliphatic carboxylic acids is 1. The third kappa shape index (κ3) is 2.11. The highest BCUT2D eigenvalue weighted by molar-refractivity contribution is 5.80. The highest BCUT2D eigenvalue weighted by Gasteiger charge is 2.17. The summed E-state index contributed by atoms with van der Waals surface area (Å²) in [6, 6.07) is 0. The lowest BCUT2D eigenvalue weighted by Crippen LogP contribution is -1.98. The molecule has 0 aromatic rings. The molecular formula is C8H10O3. The standard InChI is InChI=1S/C8H10O3/c1-2-6-3-4-7(11-6)5-8(9)10/h2,5-6H,1,3-4H2,(H,9,10)/b7-5-. The zero-order valence-corrected chi connectivity index (χ0v) is 6.12. The summed E-state index contributed by atoms with van der Waals surface area (Å²) < 4.78 is 5.18. The van der Waals surface area contributed by atoms with Gasteiger partial charge in [0.2, 0.25) is 0 Å². The van der Waals surface area contributed by atoms with Crippen molar-refractivity contribution in [2.75, 3.05) is 0 Å². The summed E-state index contributed by atoms with van der Waals surface area (Å²) in [6.07, 6.45) is 4.32. The lowest BCUT2D eigenvalue weighted by molar-refractivity contribution is -0.131. The zero-order chi connectivity index (χ0) is 8.27. The van der Waals surface area contributed by atoms with Crippen LogP contribution in [-0.2, 0) is 9.53 Å². The van der Waals surface area contributed by atoms with Gasteiger partial charge in [0.15, 0.2) is 0 Å². The lowest BCUT2D eigenvalue weighted by Gasteiger charge is -2.02. The summed E-state index contributed by atoms with van der Waals surface area (Å²) >= 11 is 0. The Hall–Kier alpha value is -1.25. The number of carboxylic acids is 1. The average Bonchev–Trinajstić information content (AvgIpc) is 2.34. The van der Waals surface area contributed by atoms with Gasteiger partial charge in [0.25, 0.3) is 0 Å². The zero-order valence-electron chi connectivity index (χ0n) is 6.12. The van der Waals surface area contributed by atoms with Gasteiger partial charge < -0.3 is 9.84 Å². The van der Waals surface area contributed by atoms with E-state index in [-0.39, 0.29) is 6.10 Å². The van der Waals surface area contributed by atoms with Gasteiger partial charge in [-0.15, -0.1) is 0 Å². The van der Waals surface area contributed by atoms with Gasteiger partial charge in [-0.25, -0.2) is 4.79 Å². The van der Waals surface area contributed by atoms with Gasteiger partial charge in [-0.3, -0.25) is 0 Å². The van der Waals surface area contributed by atoms with Crippen molar-refractivity contribution in [3.8, 4) is 0 Å². The van der Waals surface area contributed by atoms with E-state index in [2.05, 4.69) is 6.58 Å². The summed E-state index contributed by atoms with van der Waals surface area (Å²) in [7, 11) is 0. The van der Waals surface area contributed by atoms with E-state index < -0.39 is 5.97 Å². The molecular weight excluding hydrogens is 144 g/mol. The van der Waals surface area contributed by atoms with E-state index in [1.54, 1.807) is 6.08 Å². The van der Waals surface area contributed by atoms with E-state index >= 15 is 0 Å². The van der Waals surface area contributed by atoms with Crippen LogP contribution in [0.1, 0.15) is 12.8 Å². The van der Waals surface area contributed by atoms with Crippen molar-refractivity contribution < 1.29 is 14.6 Å². The van der Waals surface area contributed by atoms with Crippen molar-refractivity contribution >= 4 is 5.97 Å². The van der Waals surface area contributed by atoms with Crippen molar-refractivity contribution in [2.24, 2.45) is 0 Å². The second-order valence-electron chi connectivity index (χ2n) is 2.38. The molecule has 0 amide bonds. The Morgan fingerprint density at radius 2 is 2.55 bits per heavy atom. The van der Waals surface area contributed by atoms with Crippen LogP contribution in [-0.4, -0.2) is 17.2 Å². The molecule has 1 unspecified atom stereocenters. The summed E-state index contributed by atoms with van der Waals surface area (Å²) in [5.41, 5.74) is 0. The molecule has 0 bridgehead atoms. The van der Waals surface area contributed by atoms with Crippen LogP contribution < -0.4 is 0 Å². The normalized spacial score (nSPS) is 26.5. The first kappa shape index (κ1) is 7.85. The second-order valence-corrected chi connectivity index (χ2v) is 2.38. The molecule has 1 fully saturated rings. The van der Waals surface area contributed by atoms with Crippen LogP contribution in [0.4, 0.5) is 0 Å². The molecule has 0 spiro atoms. The van der Waals surface area contributed by atoms with E-state index in [0.29, 0.717) is 12.2 Å². The third-order valence-corrected chi connectivity index (χ3v) is 1.53. The van der Waals surface area contributed by atoms with Crippen molar-refractivity contribution in [3.63, 3.8) is 0 Å². The molecule has 1 saturated heterocycles. The third-order valence-electron chi connectivity index (χ3n) is 1.53. The van der Waals surface area contributed by atoms with Crippen LogP contribution in [0, 0.1) is 0 Å². The van der Waals surface area contributed by atoms with Gasteiger partial charge in [-0.1, -0.05) is 12.7 Å². The summed E-state index contributed by atoms with van der Waals surface area (Å²) in [5.74, 6) is -0.410. The Labute approximate surface area is 65.0 Å². The maximum Gasteiger partial charge on any atom is 0.331 e. The minimum absolute atomic E-state index is 0.000556. The fourth-order valence-electron chi connectivity index (χ4n) is 1.01. The Morgan fingerprint density at radius 3 is 3.00 bits per heavy atom. The Bertz CT molecular complexity index is 205. The maximum absolute atomic E-state index is 10.2. The topological polar surface area (TPSA) is 46.5 Å². The van der Waals surface area contributed by atoms with Gasteiger partial charge in [0, 0.05) is 6.42 Å². The molecule has 1 N–H and O–H groups in total. The maximum atomic E-state index is 10.2. The Kier molecular flexibility index (Phi) is 2.31. The molecule has 0 radical (unpaired) electrons. The number of hydrogen-bond donors (Lipinski definition) is 1. The van der Waals surface area contributed by atoms with Crippen LogP contribution in [0.25, 0.3) is 0 Å². The largest absolute Gasteiger partial charge is 0.490 e. The number of ether oxygens (including phenoxy) is 1. The molecule has 3 heteroatoms. The molecule has 1 aliphatic rings. The van der Waals surface area contributed by atoms with Crippen molar-refractivity contribution in [2.45, 2.75) is 18.9 Å². The number of allylic oxidation sites excluding steroid dienone is 1. The molecule has 1 heterocycles. The van der Waals surface area contributed by atoms with E-state index in [9.17, 15) is 4.79 Å². The monoisotopic (exact) mass is 154 g/mol. The second kappa shape index (κ2) is 3.23. The molecule has 60 valence electrons. The lowest BCUT2D eigenvalue weighted by atomic mass is 10.2. The molecule has 1 aliphatic heterocycles. The van der Waals surface area contributed by atoms with E-state index in [1.165, 1.54) is 0 Å². The number of carboxylic acid groups (broad SMARTS) is 1. The van der Waals surface area contributed by atoms with Crippen molar-refractivity contribution in [1.29, 1.82) is 0 Å². The van der Waals surface area contributed by atoms with Crippen LogP contribution in [0.2, 0.25) is 0 Å². The molecule has 1 atom stereocenters. The van der Waals surface area contributed by atoms with Crippen molar-refractivity contribution in [3.05, 3.63) is 24.5 Å². The predicted octanol–water partition coefficient (Wildman–Crippen LogP) is 1.32. The molecule has 3 nitrogen and oxygen atoms in total. The molecule has 0 aliphatic carbocycles. The van der Waals surface area contributed by atoms with Gasteiger partial charge in [-0.05, 0) is 6.42 Å². The molecule has 0 aromatic carbocycles. The minimum atomic E-state index is -0.954.